The molecule has 1 atom stereocenters. The summed E-state index contributed by atoms with van der Waals surface area (Å²) < 4.78 is 0. The number of hydrogen-bond donors (Lipinski definition) is 0. The molecule has 0 N–H and O–H groups in total. The lowest BCUT2D eigenvalue weighted by atomic mass is 9.80. The van der Waals surface area contributed by atoms with E-state index in [1.165, 1.54) is 0 Å². The van der Waals surface area contributed by atoms with Gasteiger partial charge in [0.05, 0.1) is 0 Å². The van der Waals surface area contributed by atoms with E-state index in [1.807, 2.05) is 31.3 Å². The van der Waals surface area contributed by atoms with Crippen molar-refractivity contribution in [2.24, 2.45) is 0 Å². The summed E-state index contributed by atoms with van der Waals surface area (Å²) in [4.78, 5) is 14.4. The van der Waals surface area contributed by atoms with Crippen LogP contribution in [0.15, 0.2) is 30.0 Å². The molecule has 102 valence electrons. The van der Waals surface area contributed by atoms with Crippen LogP contribution in [0.2, 0.25) is 10.0 Å². The molecule has 0 heterocycles. The van der Waals surface area contributed by atoms with Crippen molar-refractivity contribution in [3.05, 3.63) is 45.6 Å². The third-order valence-electron chi connectivity index (χ3n) is 3.32. The fourth-order valence-electron chi connectivity index (χ4n) is 2.50. The predicted molar refractivity (Wildman–Crippen MR) is 79.8 cm³/mol. The number of nitrogens with zero attached hydrogens (tertiary/aromatic N) is 1. The maximum atomic E-state index is 12.5. The second-order valence-corrected chi connectivity index (χ2v) is 5.94. The zero-order valence-electron chi connectivity index (χ0n) is 11.1. The number of Topliss-reactive ketones (excluding diaryl/α,β-unsaturated/α-hetero) is 1. The predicted octanol–water partition coefficient (Wildman–Crippen LogP) is 4.28. The lowest BCUT2D eigenvalue weighted by molar-refractivity contribution is -0.118. The Kier molecular flexibility index (Phi) is 4.54. The van der Waals surface area contributed by atoms with Crippen molar-refractivity contribution >= 4 is 29.0 Å². The van der Waals surface area contributed by atoms with Crippen LogP contribution in [-0.2, 0) is 4.79 Å². The number of halogens is 2. The van der Waals surface area contributed by atoms with E-state index in [0.717, 1.165) is 30.4 Å². The second-order valence-electron chi connectivity index (χ2n) is 5.09. The van der Waals surface area contributed by atoms with Crippen LogP contribution in [-0.4, -0.2) is 24.8 Å². The van der Waals surface area contributed by atoms with Gasteiger partial charge in [0.1, 0.15) is 0 Å². The highest BCUT2D eigenvalue weighted by Crippen LogP contribution is 2.37. The van der Waals surface area contributed by atoms with Crippen molar-refractivity contribution in [3.8, 4) is 0 Å². The molecule has 1 aliphatic carbocycles. The standard InChI is InChI=1S/C15H17Cl2NO/c1-18(2)9-10-4-3-5-13(15(10)19)12-7-6-11(16)8-14(12)17/h6-9,13H,3-5H2,1-2H3. The van der Waals surface area contributed by atoms with Gasteiger partial charge in [0.25, 0.3) is 0 Å². The average molecular weight is 298 g/mol. The van der Waals surface area contributed by atoms with Crippen molar-refractivity contribution in [2.45, 2.75) is 25.2 Å². The van der Waals surface area contributed by atoms with Crippen LogP contribution in [0.1, 0.15) is 30.7 Å². The Hall–Kier alpha value is -0.990. The van der Waals surface area contributed by atoms with Crippen LogP contribution in [0.5, 0.6) is 0 Å². The molecular formula is C15H17Cl2NO. The van der Waals surface area contributed by atoms with Crippen LogP contribution in [0.25, 0.3) is 0 Å². The van der Waals surface area contributed by atoms with Gasteiger partial charge in [0.15, 0.2) is 5.78 Å². The van der Waals surface area contributed by atoms with E-state index in [2.05, 4.69) is 0 Å². The van der Waals surface area contributed by atoms with Crippen LogP contribution < -0.4 is 0 Å². The number of benzene rings is 1. The molecule has 19 heavy (non-hydrogen) atoms. The van der Waals surface area contributed by atoms with Gasteiger partial charge >= 0.3 is 0 Å². The molecule has 1 aliphatic rings. The highest BCUT2D eigenvalue weighted by atomic mass is 35.5. The molecule has 0 saturated heterocycles. The van der Waals surface area contributed by atoms with Gasteiger partial charge in [-0.2, -0.15) is 0 Å². The van der Waals surface area contributed by atoms with Crippen LogP contribution in [0.4, 0.5) is 0 Å². The van der Waals surface area contributed by atoms with E-state index < -0.39 is 0 Å². The summed E-state index contributed by atoms with van der Waals surface area (Å²) in [6.45, 7) is 0. The quantitative estimate of drug-likeness (QED) is 0.760. The third kappa shape index (κ3) is 3.31. The van der Waals surface area contributed by atoms with Crippen LogP contribution >= 0.6 is 23.2 Å². The zero-order chi connectivity index (χ0) is 14.0. The molecule has 0 aromatic heterocycles. The van der Waals surface area contributed by atoms with Crippen molar-refractivity contribution in [1.82, 2.24) is 4.90 Å². The first-order chi connectivity index (χ1) is 8.99. The van der Waals surface area contributed by atoms with Gasteiger partial charge in [-0.1, -0.05) is 29.3 Å². The molecule has 0 radical (unpaired) electrons. The van der Waals surface area contributed by atoms with Crippen molar-refractivity contribution in [3.63, 3.8) is 0 Å². The van der Waals surface area contributed by atoms with Gasteiger partial charge in [0, 0.05) is 41.8 Å². The number of hydrogen-bond acceptors (Lipinski definition) is 2. The number of ketones is 1. The summed E-state index contributed by atoms with van der Waals surface area (Å²) in [5.41, 5.74) is 1.77. The largest absolute Gasteiger partial charge is 0.383 e. The minimum Gasteiger partial charge on any atom is -0.383 e. The minimum absolute atomic E-state index is 0.135. The first-order valence-electron chi connectivity index (χ1n) is 6.35. The Morgan fingerprint density at radius 3 is 2.68 bits per heavy atom. The van der Waals surface area contributed by atoms with Crippen LogP contribution in [0.3, 0.4) is 0 Å². The van der Waals surface area contributed by atoms with E-state index in [-0.39, 0.29) is 11.7 Å². The van der Waals surface area contributed by atoms with E-state index in [0.29, 0.717) is 10.0 Å². The minimum atomic E-state index is -0.135. The number of rotatable bonds is 2. The molecule has 1 saturated carbocycles. The van der Waals surface area contributed by atoms with Gasteiger partial charge in [0.2, 0.25) is 0 Å². The summed E-state index contributed by atoms with van der Waals surface area (Å²) in [7, 11) is 3.86. The molecule has 4 heteroatoms. The molecular weight excluding hydrogens is 281 g/mol. The first-order valence-corrected chi connectivity index (χ1v) is 7.11. The smallest absolute Gasteiger partial charge is 0.167 e. The lowest BCUT2D eigenvalue weighted by Crippen LogP contribution is -2.22. The van der Waals surface area contributed by atoms with Crippen molar-refractivity contribution in [2.75, 3.05) is 14.1 Å². The number of allylic oxidation sites excluding steroid dienone is 1. The SMILES string of the molecule is CN(C)C=C1CCCC(c2ccc(Cl)cc2Cl)C1=O. The summed E-state index contributed by atoms with van der Waals surface area (Å²) in [6, 6.07) is 5.36. The molecule has 0 bridgehead atoms. The summed E-state index contributed by atoms with van der Waals surface area (Å²) in [5.74, 6) is 0.0499. The summed E-state index contributed by atoms with van der Waals surface area (Å²) in [5, 5.41) is 1.18. The zero-order valence-corrected chi connectivity index (χ0v) is 12.6. The Morgan fingerprint density at radius 1 is 1.32 bits per heavy atom. The molecule has 0 aliphatic heterocycles. The Labute approximate surface area is 124 Å². The summed E-state index contributed by atoms with van der Waals surface area (Å²) in [6.07, 6.45) is 4.62. The lowest BCUT2D eigenvalue weighted by Gasteiger charge is -2.25. The molecule has 1 aromatic rings. The van der Waals surface area contributed by atoms with E-state index in [9.17, 15) is 4.79 Å². The normalized spacial score (nSPS) is 21.8. The van der Waals surface area contributed by atoms with E-state index in [4.69, 9.17) is 23.2 Å². The molecule has 2 nitrogen and oxygen atoms in total. The second kappa shape index (κ2) is 5.98. The maximum Gasteiger partial charge on any atom is 0.167 e. The monoisotopic (exact) mass is 297 g/mol. The fraction of sp³-hybridized carbons (Fsp3) is 0.400. The molecule has 1 unspecified atom stereocenters. The maximum absolute atomic E-state index is 12.5. The Bertz CT molecular complexity index is 523. The molecule has 2 rings (SSSR count). The van der Waals surface area contributed by atoms with Gasteiger partial charge in [-0.05, 0) is 37.0 Å². The van der Waals surface area contributed by atoms with Gasteiger partial charge in [-0.15, -0.1) is 0 Å². The topological polar surface area (TPSA) is 20.3 Å². The Morgan fingerprint density at radius 2 is 2.05 bits per heavy atom. The first kappa shape index (κ1) is 14.4. The van der Waals surface area contributed by atoms with Crippen LogP contribution in [0, 0.1) is 0 Å². The molecule has 1 aromatic carbocycles. The highest BCUT2D eigenvalue weighted by Gasteiger charge is 2.29. The van der Waals surface area contributed by atoms with E-state index >= 15 is 0 Å². The van der Waals surface area contributed by atoms with Gasteiger partial charge < -0.3 is 4.90 Å². The molecule has 0 spiro atoms. The fourth-order valence-corrected chi connectivity index (χ4v) is 3.04. The summed E-state index contributed by atoms with van der Waals surface area (Å²) >= 11 is 12.1. The van der Waals surface area contributed by atoms with Gasteiger partial charge in [-0.25, -0.2) is 0 Å². The number of carbonyl (C=O) groups is 1. The highest BCUT2D eigenvalue weighted by molar-refractivity contribution is 6.35. The average Bonchev–Trinajstić information content (AvgIpc) is 2.32. The third-order valence-corrected chi connectivity index (χ3v) is 3.89. The van der Waals surface area contributed by atoms with Crippen molar-refractivity contribution < 1.29 is 4.79 Å². The Balaban J connectivity index is 2.32. The molecule has 0 amide bonds. The molecule has 1 fully saturated rings. The van der Waals surface area contributed by atoms with E-state index in [1.54, 1.807) is 12.1 Å². The van der Waals surface area contributed by atoms with Gasteiger partial charge in [-0.3, -0.25) is 4.79 Å². The van der Waals surface area contributed by atoms with Crippen molar-refractivity contribution in [1.29, 1.82) is 0 Å². The number of carbonyl (C=O) groups excluding carboxylic acids is 1.